The van der Waals surface area contributed by atoms with Gasteiger partial charge >= 0.3 is 6.09 Å². The molecular formula is C35H59N3O4. The Labute approximate surface area is 255 Å². The SMILES string of the molecule is CCCCCCCCN(C(=O)C(NC(=O)OC(C)(C)C)C(C)CC)C(C(=O)NC1CCCCC1)c1c(C)cccc1C. The minimum atomic E-state index is -0.806. The van der Waals surface area contributed by atoms with Crippen LogP contribution < -0.4 is 10.6 Å². The number of hydrogen-bond acceptors (Lipinski definition) is 4. The molecule has 0 heterocycles. The summed E-state index contributed by atoms with van der Waals surface area (Å²) in [5, 5.41) is 6.23. The number of aryl methyl sites for hydroxylation is 2. The van der Waals surface area contributed by atoms with Crippen molar-refractivity contribution in [1.82, 2.24) is 15.5 Å². The van der Waals surface area contributed by atoms with Crippen molar-refractivity contribution in [3.8, 4) is 0 Å². The van der Waals surface area contributed by atoms with Gasteiger partial charge in [-0.05, 0) is 76.5 Å². The van der Waals surface area contributed by atoms with Crippen LogP contribution in [0.15, 0.2) is 18.2 Å². The lowest BCUT2D eigenvalue weighted by molar-refractivity contribution is -0.144. The van der Waals surface area contributed by atoms with E-state index >= 15 is 0 Å². The van der Waals surface area contributed by atoms with Crippen LogP contribution in [0.25, 0.3) is 0 Å². The van der Waals surface area contributed by atoms with E-state index in [2.05, 4.69) is 17.6 Å². The van der Waals surface area contributed by atoms with E-state index in [1.54, 1.807) is 4.90 Å². The van der Waals surface area contributed by atoms with Crippen LogP contribution in [0.2, 0.25) is 0 Å². The molecule has 0 saturated heterocycles. The van der Waals surface area contributed by atoms with Gasteiger partial charge in [0, 0.05) is 12.6 Å². The van der Waals surface area contributed by atoms with Crippen molar-refractivity contribution >= 4 is 17.9 Å². The molecule has 1 aliphatic carbocycles. The highest BCUT2D eigenvalue weighted by molar-refractivity contribution is 5.92. The lowest BCUT2D eigenvalue weighted by Gasteiger charge is -2.38. The molecule has 1 aromatic rings. The second kappa shape index (κ2) is 17.5. The van der Waals surface area contributed by atoms with Gasteiger partial charge in [0.05, 0.1) is 0 Å². The smallest absolute Gasteiger partial charge is 0.408 e. The number of carbonyl (C=O) groups is 3. The Morgan fingerprint density at radius 3 is 2.12 bits per heavy atom. The lowest BCUT2D eigenvalue weighted by atomic mass is 9.90. The summed E-state index contributed by atoms with van der Waals surface area (Å²) in [6.07, 6.45) is 11.8. The van der Waals surface area contributed by atoms with Crippen LogP contribution in [0.3, 0.4) is 0 Å². The lowest BCUT2D eigenvalue weighted by Crippen LogP contribution is -2.56. The van der Waals surface area contributed by atoms with Crippen molar-refractivity contribution in [2.45, 2.75) is 156 Å². The van der Waals surface area contributed by atoms with E-state index in [4.69, 9.17) is 4.74 Å². The molecule has 3 atom stereocenters. The summed E-state index contributed by atoms with van der Waals surface area (Å²) in [6.45, 7) is 16.1. The maximum absolute atomic E-state index is 14.6. The number of hydrogen-bond donors (Lipinski definition) is 2. The Hall–Kier alpha value is -2.57. The number of alkyl carbamates (subject to hydrolysis) is 1. The Bertz CT molecular complexity index is 976. The first kappa shape index (κ1) is 35.6. The molecule has 1 saturated carbocycles. The number of carbonyl (C=O) groups excluding carboxylic acids is 3. The summed E-state index contributed by atoms with van der Waals surface area (Å²) in [7, 11) is 0. The molecular weight excluding hydrogens is 526 g/mol. The van der Waals surface area contributed by atoms with Crippen LogP contribution in [0, 0.1) is 19.8 Å². The monoisotopic (exact) mass is 585 g/mol. The number of rotatable bonds is 15. The summed E-state index contributed by atoms with van der Waals surface area (Å²) < 4.78 is 5.56. The zero-order valence-electron chi connectivity index (χ0n) is 27.8. The Morgan fingerprint density at radius 1 is 0.952 bits per heavy atom. The molecule has 0 radical (unpaired) electrons. The summed E-state index contributed by atoms with van der Waals surface area (Å²) in [5.41, 5.74) is 2.16. The standard InChI is InChI=1S/C35H59N3O4/c1-9-11-12-13-14-18-24-38(33(40)30(25(3)10-2)37-34(41)42-35(6,7)8)31(29-26(4)20-19-21-27(29)5)32(39)36-28-22-16-15-17-23-28/h19-21,25,28,30-31H,9-18,22-24H2,1-8H3,(H,36,39)(H,37,41). The Kier molecular flexibility index (Phi) is 14.9. The van der Waals surface area contributed by atoms with Gasteiger partial charge in [0.2, 0.25) is 11.8 Å². The van der Waals surface area contributed by atoms with E-state index < -0.39 is 23.8 Å². The second-order valence-corrected chi connectivity index (χ2v) is 13.4. The maximum atomic E-state index is 14.6. The highest BCUT2D eigenvalue weighted by atomic mass is 16.6. The highest BCUT2D eigenvalue weighted by Crippen LogP contribution is 2.31. The van der Waals surface area contributed by atoms with Crippen LogP contribution in [0.5, 0.6) is 0 Å². The normalized spacial score (nSPS) is 16.3. The Morgan fingerprint density at radius 2 is 1.55 bits per heavy atom. The molecule has 0 aliphatic heterocycles. The molecule has 3 unspecified atom stereocenters. The van der Waals surface area contributed by atoms with Gasteiger partial charge in [-0.25, -0.2) is 4.79 Å². The molecule has 238 valence electrons. The first-order valence-electron chi connectivity index (χ1n) is 16.6. The number of unbranched alkanes of at least 4 members (excludes halogenated alkanes) is 5. The van der Waals surface area contributed by atoms with Crippen LogP contribution >= 0.6 is 0 Å². The molecule has 3 amide bonds. The summed E-state index contributed by atoms with van der Waals surface area (Å²) >= 11 is 0. The summed E-state index contributed by atoms with van der Waals surface area (Å²) in [5.74, 6) is -0.494. The van der Waals surface area contributed by atoms with Crippen molar-refractivity contribution in [1.29, 1.82) is 0 Å². The van der Waals surface area contributed by atoms with E-state index in [-0.39, 0.29) is 23.8 Å². The zero-order valence-corrected chi connectivity index (χ0v) is 27.8. The van der Waals surface area contributed by atoms with Crippen molar-refractivity contribution in [2.24, 2.45) is 5.92 Å². The fourth-order valence-electron chi connectivity index (χ4n) is 5.94. The number of nitrogens with one attached hydrogen (secondary N) is 2. The summed E-state index contributed by atoms with van der Waals surface area (Å²) in [4.78, 5) is 43.6. The second-order valence-electron chi connectivity index (χ2n) is 13.4. The van der Waals surface area contributed by atoms with Crippen LogP contribution in [0.1, 0.15) is 141 Å². The molecule has 7 nitrogen and oxygen atoms in total. The van der Waals surface area contributed by atoms with E-state index in [1.807, 2.05) is 66.7 Å². The third kappa shape index (κ3) is 11.3. The van der Waals surface area contributed by atoms with Gasteiger partial charge in [0.1, 0.15) is 17.7 Å². The molecule has 1 fully saturated rings. The molecule has 0 bridgehead atoms. The van der Waals surface area contributed by atoms with Crippen molar-refractivity contribution in [3.05, 3.63) is 34.9 Å². The number of ether oxygens (including phenoxy) is 1. The number of nitrogens with zero attached hydrogens (tertiary/aromatic N) is 1. The van der Waals surface area contributed by atoms with Crippen LogP contribution in [-0.4, -0.2) is 47.0 Å². The third-order valence-corrected chi connectivity index (χ3v) is 8.51. The zero-order chi connectivity index (χ0) is 31.3. The maximum Gasteiger partial charge on any atom is 0.408 e. The van der Waals surface area contributed by atoms with E-state index in [0.717, 1.165) is 61.6 Å². The number of benzene rings is 1. The number of amides is 3. The molecule has 0 spiro atoms. The molecule has 42 heavy (non-hydrogen) atoms. The van der Waals surface area contributed by atoms with Gasteiger partial charge in [-0.15, -0.1) is 0 Å². The highest BCUT2D eigenvalue weighted by Gasteiger charge is 2.39. The topological polar surface area (TPSA) is 87.7 Å². The van der Waals surface area contributed by atoms with Gasteiger partial charge in [0.15, 0.2) is 0 Å². The minimum Gasteiger partial charge on any atom is -0.444 e. The van der Waals surface area contributed by atoms with E-state index in [1.165, 1.54) is 25.7 Å². The average Bonchev–Trinajstić information content (AvgIpc) is 2.93. The fraction of sp³-hybridized carbons (Fsp3) is 0.743. The first-order valence-corrected chi connectivity index (χ1v) is 16.6. The molecule has 1 aliphatic rings. The van der Waals surface area contributed by atoms with Gasteiger partial charge in [-0.1, -0.05) is 96.8 Å². The van der Waals surface area contributed by atoms with Gasteiger partial charge in [0.25, 0.3) is 0 Å². The van der Waals surface area contributed by atoms with Gasteiger partial charge < -0.3 is 20.3 Å². The predicted molar refractivity (Wildman–Crippen MR) is 171 cm³/mol. The van der Waals surface area contributed by atoms with Crippen LogP contribution in [0.4, 0.5) is 4.79 Å². The van der Waals surface area contributed by atoms with Crippen molar-refractivity contribution in [2.75, 3.05) is 6.54 Å². The molecule has 1 aromatic carbocycles. The molecule has 2 rings (SSSR count). The van der Waals surface area contributed by atoms with Crippen molar-refractivity contribution in [3.63, 3.8) is 0 Å². The first-order chi connectivity index (χ1) is 19.9. The largest absolute Gasteiger partial charge is 0.444 e. The molecule has 2 N–H and O–H groups in total. The van der Waals surface area contributed by atoms with Gasteiger partial charge in [-0.2, -0.15) is 0 Å². The average molecular weight is 586 g/mol. The quantitative estimate of drug-likeness (QED) is 0.205. The van der Waals surface area contributed by atoms with Crippen LogP contribution in [-0.2, 0) is 14.3 Å². The van der Waals surface area contributed by atoms with Gasteiger partial charge in [-0.3, -0.25) is 9.59 Å². The summed E-state index contributed by atoms with van der Waals surface area (Å²) in [6, 6.07) is 4.57. The predicted octanol–water partition coefficient (Wildman–Crippen LogP) is 7.92. The van der Waals surface area contributed by atoms with E-state index in [9.17, 15) is 14.4 Å². The van der Waals surface area contributed by atoms with Crippen molar-refractivity contribution < 1.29 is 19.1 Å². The van der Waals surface area contributed by atoms with E-state index in [0.29, 0.717) is 13.0 Å². The minimum absolute atomic E-state index is 0.120. The fourth-order valence-corrected chi connectivity index (χ4v) is 5.94. The Balaban J connectivity index is 2.52. The molecule has 0 aromatic heterocycles. The third-order valence-electron chi connectivity index (χ3n) is 8.51. The molecule has 7 heteroatoms.